The number of nitrogens with one attached hydrogen (secondary N) is 2. The van der Waals surface area contributed by atoms with Crippen molar-refractivity contribution < 1.29 is 4.79 Å². The molecule has 4 heteroatoms. The minimum atomic E-state index is -0.126. The summed E-state index contributed by atoms with van der Waals surface area (Å²) in [7, 11) is 0. The van der Waals surface area contributed by atoms with E-state index in [4.69, 9.17) is 0 Å². The summed E-state index contributed by atoms with van der Waals surface area (Å²) in [5.41, 5.74) is 0.863. The van der Waals surface area contributed by atoms with Gasteiger partial charge < -0.3 is 10.6 Å². The number of nitrogens with zero attached hydrogens (tertiary/aromatic N) is 1. The number of hydrogen-bond donors (Lipinski definition) is 2. The number of hydrogen-bond acceptors (Lipinski definition) is 2. The Morgan fingerprint density at radius 3 is 2.69 bits per heavy atom. The Morgan fingerprint density at radius 1 is 1.38 bits per heavy atom. The molecule has 0 radical (unpaired) electrons. The van der Waals surface area contributed by atoms with Crippen molar-refractivity contribution in [2.75, 3.05) is 0 Å². The summed E-state index contributed by atoms with van der Waals surface area (Å²) in [5.74, 6) is 0. The second-order valence-corrected chi connectivity index (χ2v) is 3.66. The van der Waals surface area contributed by atoms with Crippen LogP contribution in [0.4, 0.5) is 4.79 Å². The summed E-state index contributed by atoms with van der Waals surface area (Å²) in [4.78, 5) is 15.6. The second kappa shape index (κ2) is 6.82. The van der Waals surface area contributed by atoms with Gasteiger partial charge in [0.1, 0.15) is 0 Å². The van der Waals surface area contributed by atoms with E-state index in [1.165, 1.54) is 0 Å². The van der Waals surface area contributed by atoms with Crippen molar-refractivity contribution in [3.63, 3.8) is 0 Å². The van der Waals surface area contributed by atoms with Gasteiger partial charge in [0, 0.05) is 12.2 Å². The zero-order valence-electron chi connectivity index (χ0n) is 9.86. The molecule has 4 nitrogen and oxygen atoms in total. The SMILES string of the molecule is CCC(CC)NC(=O)NCc1ccccn1. The van der Waals surface area contributed by atoms with Crippen molar-refractivity contribution in [3.05, 3.63) is 30.1 Å². The highest BCUT2D eigenvalue weighted by molar-refractivity contribution is 5.74. The Hall–Kier alpha value is -1.58. The highest BCUT2D eigenvalue weighted by atomic mass is 16.2. The van der Waals surface area contributed by atoms with Crippen molar-refractivity contribution in [1.29, 1.82) is 0 Å². The van der Waals surface area contributed by atoms with Crippen LogP contribution in [0.2, 0.25) is 0 Å². The third kappa shape index (κ3) is 4.29. The maximum atomic E-state index is 11.5. The molecule has 0 atom stereocenters. The van der Waals surface area contributed by atoms with E-state index in [2.05, 4.69) is 29.5 Å². The van der Waals surface area contributed by atoms with Crippen LogP contribution in [0.5, 0.6) is 0 Å². The monoisotopic (exact) mass is 221 g/mol. The van der Waals surface area contributed by atoms with E-state index in [1.807, 2.05) is 18.2 Å². The zero-order chi connectivity index (χ0) is 11.8. The highest BCUT2D eigenvalue weighted by Crippen LogP contribution is 1.96. The van der Waals surface area contributed by atoms with Gasteiger partial charge in [-0.15, -0.1) is 0 Å². The van der Waals surface area contributed by atoms with E-state index in [-0.39, 0.29) is 12.1 Å². The molecule has 0 saturated carbocycles. The molecule has 1 aromatic rings. The Balaban J connectivity index is 2.30. The van der Waals surface area contributed by atoms with Crippen LogP contribution in [-0.4, -0.2) is 17.1 Å². The molecule has 1 heterocycles. The molecule has 0 saturated heterocycles. The van der Waals surface area contributed by atoms with Gasteiger partial charge in [0.05, 0.1) is 12.2 Å². The van der Waals surface area contributed by atoms with Crippen LogP contribution in [0.25, 0.3) is 0 Å². The van der Waals surface area contributed by atoms with Gasteiger partial charge in [0.25, 0.3) is 0 Å². The van der Waals surface area contributed by atoms with Crippen molar-refractivity contribution in [3.8, 4) is 0 Å². The number of rotatable bonds is 5. The van der Waals surface area contributed by atoms with Gasteiger partial charge in [-0.05, 0) is 25.0 Å². The molecule has 1 rings (SSSR count). The fraction of sp³-hybridized carbons (Fsp3) is 0.500. The van der Waals surface area contributed by atoms with Gasteiger partial charge in [-0.1, -0.05) is 19.9 Å². The lowest BCUT2D eigenvalue weighted by molar-refractivity contribution is 0.235. The molecule has 0 aliphatic rings. The molecule has 0 unspecified atom stereocenters. The Kier molecular flexibility index (Phi) is 5.32. The topological polar surface area (TPSA) is 54.0 Å². The van der Waals surface area contributed by atoms with E-state index in [0.717, 1.165) is 18.5 Å². The Labute approximate surface area is 96.5 Å². The zero-order valence-corrected chi connectivity index (χ0v) is 9.86. The van der Waals surface area contributed by atoms with Crippen LogP contribution in [-0.2, 0) is 6.54 Å². The molecule has 2 N–H and O–H groups in total. The molecule has 0 aliphatic heterocycles. The fourth-order valence-corrected chi connectivity index (χ4v) is 1.40. The first-order chi connectivity index (χ1) is 7.76. The first kappa shape index (κ1) is 12.5. The van der Waals surface area contributed by atoms with Gasteiger partial charge in [0.15, 0.2) is 0 Å². The lowest BCUT2D eigenvalue weighted by atomic mass is 10.2. The smallest absolute Gasteiger partial charge is 0.315 e. The van der Waals surface area contributed by atoms with Crippen LogP contribution < -0.4 is 10.6 Å². The van der Waals surface area contributed by atoms with Gasteiger partial charge >= 0.3 is 6.03 Å². The third-order valence-electron chi connectivity index (χ3n) is 2.48. The van der Waals surface area contributed by atoms with Crippen molar-refractivity contribution in [2.45, 2.75) is 39.3 Å². The molecule has 0 aliphatic carbocycles. The summed E-state index contributed by atoms with van der Waals surface area (Å²) < 4.78 is 0. The summed E-state index contributed by atoms with van der Waals surface area (Å²) in [6.45, 7) is 4.59. The van der Waals surface area contributed by atoms with E-state index < -0.39 is 0 Å². The first-order valence-electron chi connectivity index (χ1n) is 5.70. The molecule has 2 amide bonds. The van der Waals surface area contributed by atoms with Crippen LogP contribution in [0, 0.1) is 0 Å². The lowest BCUT2D eigenvalue weighted by Gasteiger charge is -2.15. The minimum absolute atomic E-state index is 0.126. The predicted molar refractivity (Wildman–Crippen MR) is 64.0 cm³/mol. The molecule has 88 valence electrons. The summed E-state index contributed by atoms with van der Waals surface area (Å²) in [6.07, 6.45) is 3.62. The van der Waals surface area contributed by atoms with Crippen molar-refractivity contribution in [1.82, 2.24) is 15.6 Å². The molecule has 0 fully saturated rings. The number of urea groups is 1. The number of aromatic nitrogens is 1. The predicted octanol–water partition coefficient (Wildman–Crippen LogP) is 2.07. The van der Waals surface area contributed by atoms with Gasteiger partial charge in [-0.25, -0.2) is 4.79 Å². The van der Waals surface area contributed by atoms with Crippen LogP contribution in [0.3, 0.4) is 0 Å². The average Bonchev–Trinajstić information content (AvgIpc) is 2.34. The van der Waals surface area contributed by atoms with Gasteiger partial charge in [-0.2, -0.15) is 0 Å². The second-order valence-electron chi connectivity index (χ2n) is 3.66. The normalized spacial score (nSPS) is 10.2. The standard InChI is InChI=1S/C12H19N3O/c1-3-10(4-2)15-12(16)14-9-11-7-5-6-8-13-11/h5-8,10H,3-4,9H2,1-2H3,(H2,14,15,16). The average molecular weight is 221 g/mol. The molecule has 0 aromatic carbocycles. The van der Waals surface area contributed by atoms with E-state index in [1.54, 1.807) is 6.20 Å². The highest BCUT2D eigenvalue weighted by Gasteiger charge is 2.07. The maximum absolute atomic E-state index is 11.5. The van der Waals surface area contributed by atoms with E-state index in [9.17, 15) is 4.79 Å². The fourth-order valence-electron chi connectivity index (χ4n) is 1.40. The number of carbonyl (C=O) groups excluding carboxylic acids is 1. The minimum Gasteiger partial charge on any atom is -0.335 e. The van der Waals surface area contributed by atoms with Crippen molar-refractivity contribution in [2.24, 2.45) is 0 Å². The third-order valence-corrected chi connectivity index (χ3v) is 2.48. The number of pyridine rings is 1. The Morgan fingerprint density at radius 2 is 2.12 bits per heavy atom. The molecular weight excluding hydrogens is 202 g/mol. The van der Waals surface area contributed by atoms with Crippen LogP contribution >= 0.6 is 0 Å². The summed E-state index contributed by atoms with van der Waals surface area (Å²) >= 11 is 0. The first-order valence-corrected chi connectivity index (χ1v) is 5.70. The number of amides is 2. The van der Waals surface area contributed by atoms with Gasteiger partial charge in [0.2, 0.25) is 0 Å². The van der Waals surface area contributed by atoms with Gasteiger partial charge in [-0.3, -0.25) is 4.98 Å². The summed E-state index contributed by atoms with van der Waals surface area (Å²) in [5, 5.41) is 5.69. The Bertz CT molecular complexity index is 309. The molecule has 0 bridgehead atoms. The molecular formula is C12H19N3O. The lowest BCUT2D eigenvalue weighted by Crippen LogP contribution is -2.41. The molecule has 1 aromatic heterocycles. The van der Waals surface area contributed by atoms with E-state index in [0.29, 0.717) is 6.54 Å². The maximum Gasteiger partial charge on any atom is 0.315 e. The quantitative estimate of drug-likeness (QED) is 0.799. The molecule has 0 spiro atoms. The van der Waals surface area contributed by atoms with E-state index >= 15 is 0 Å². The van der Waals surface area contributed by atoms with Crippen LogP contribution in [0.1, 0.15) is 32.4 Å². The largest absolute Gasteiger partial charge is 0.335 e. The van der Waals surface area contributed by atoms with Crippen molar-refractivity contribution >= 4 is 6.03 Å². The number of carbonyl (C=O) groups is 1. The summed E-state index contributed by atoms with van der Waals surface area (Å²) in [6, 6.07) is 5.77. The molecule has 16 heavy (non-hydrogen) atoms. The van der Waals surface area contributed by atoms with Crippen LogP contribution in [0.15, 0.2) is 24.4 Å².